The lowest BCUT2D eigenvalue weighted by Gasteiger charge is -2.35. The summed E-state index contributed by atoms with van der Waals surface area (Å²) in [5.41, 5.74) is 2.45. The molecular weight excluding hydrogens is 398 g/mol. The highest BCUT2D eigenvalue weighted by Crippen LogP contribution is 2.44. The van der Waals surface area contributed by atoms with Crippen LogP contribution in [-0.2, 0) is 4.79 Å². The van der Waals surface area contributed by atoms with E-state index in [0.717, 1.165) is 11.6 Å². The Bertz CT molecular complexity index is 1150. The number of allylic oxidation sites excluding steroid dienone is 2. The van der Waals surface area contributed by atoms with Crippen LogP contribution < -0.4 is 5.32 Å². The summed E-state index contributed by atoms with van der Waals surface area (Å²) < 4.78 is 29.3. The second-order valence-corrected chi connectivity index (χ2v) is 7.67. The van der Waals surface area contributed by atoms with E-state index in [1.54, 1.807) is 6.07 Å². The molecule has 0 fully saturated rings. The largest absolute Gasteiger partial charge is 0.328 e. The van der Waals surface area contributed by atoms with Crippen molar-refractivity contribution in [2.24, 2.45) is 0 Å². The predicted molar refractivity (Wildman–Crippen MR) is 104 cm³/mol. The van der Waals surface area contributed by atoms with Gasteiger partial charge in [0.1, 0.15) is 24.0 Å². The van der Waals surface area contributed by atoms with E-state index in [1.165, 1.54) is 23.1 Å². The van der Waals surface area contributed by atoms with Gasteiger partial charge in [-0.05, 0) is 47.7 Å². The molecule has 2 heterocycles. The fourth-order valence-electron chi connectivity index (χ4n) is 4.19. The van der Waals surface area contributed by atoms with E-state index in [2.05, 4.69) is 15.4 Å². The summed E-state index contributed by atoms with van der Waals surface area (Å²) in [4.78, 5) is 17.4. The highest BCUT2D eigenvalue weighted by Gasteiger charge is 2.39. The summed E-state index contributed by atoms with van der Waals surface area (Å²) in [5, 5.41) is 7.97. The quantitative estimate of drug-likeness (QED) is 0.667. The summed E-state index contributed by atoms with van der Waals surface area (Å²) in [7, 11) is 0. The number of carbonyl (C=O) groups is 1. The molecule has 0 saturated heterocycles. The van der Waals surface area contributed by atoms with E-state index in [9.17, 15) is 13.6 Å². The van der Waals surface area contributed by atoms with Crippen LogP contribution in [0.5, 0.6) is 0 Å². The van der Waals surface area contributed by atoms with Crippen molar-refractivity contribution < 1.29 is 13.6 Å². The maximum atomic E-state index is 13.9. The number of halogens is 3. The van der Waals surface area contributed by atoms with Crippen LogP contribution in [0.1, 0.15) is 35.9 Å². The van der Waals surface area contributed by atoms with Crippen molar-refractivity contribution in [1.82, 2.24) is 14.8 Å². The number of benzene rings is 2. The van der Waals surface area contributed by atoms with Crippen molar-refractivity contribution in [3.63, 3.8) is 0 Å². The maximum absolute atomic E-state index is 13.9. The molecule has 0 radical (unpaired) electrons. The third-order valence-electron chi connectivity index (χ3n) is 5.38. The molecule has 146 valence electrons. The van der Waals surface area contributed by atoms with Gasteiger partial charge in [-0.25, -0.2) is 13.5 Å². The number of nitrogens with zero attached hydrogens (tertiary/aromatic N) is 3. The predicted octanol–water partition coefficient (Wildman–Crippen LogP) is 4.63. The Balaban J connectivity index is 1.62. The molecule has 1 aliphatic carbocycles. The minimum absolute atomic E-state index is 0.0492. The molecule has 2 aromatic carbocycles. The first-order valence-corrected chi connectivity index (χ1v) is 9.51. The summed E-state index contributed by atoms with van der Waals surface area (Å²) >= 11 is 6.12. The molecule has 3 aromatic rings. The van der Waals surface area contributed by atoms with Gasteiger partial charge in [0.2, 0.25) is 5.95 Å². The molecule has 0 saturated carbocycles. The van der Waals surface area contributed by atoms with Gasteiger partial charge in [0.25, 0.3) is 0 Å². The Labute approximate surface area is 170 Å². The van der Waals surface area contributed by atoms with E-state index < -0.39 is 17.7 Å². The van der Waals surface area contributed by atoms with Crippen molar-refractivity contribution in [3.05, 3.63) is 87.8 Å². The highest BCUT2D eigenvalue weighted by atomic mass is 35.5. The third-order valence-corrected chi connectivity index (χ3v) is 5.62. The van der Waals surface area contributed by atoms with Gasteiger partial charge in [-0.2, -0.15) is 10.1 Å². The van der Waals surface area contributed by atoms with Gasteiger partial charge in [-0.1, -0.05) is 23.7 Å². The van der Waals surface area contributed by atoms with Gasteiger partial charge in [0.05, 0.1) is 0 Å². The van der Waals surface area contributed by atoms with Gasteiger partial charge in [0.15, 0.2) is 5.78 Å². The fourth-order valence-corrected chi connectivity index (χ4v) is 4.39. The summed E-state index contributed by atoms with van der Waals surface area (Å²) in [6.07, 6.45) is 2.18. The average Bonchev–Trinajstić information content (AvgIpc) is 3.13. The standard InChI is InChI=1S/C21H15ClF2N4O/c22-14-3-1-2-11(4-14)12-7-17-19(18(29)8-12)20(28-21(27-17)25-10-26-28)13-5-15(23)9-16(24)6-13/h1-6,9-10,12,20H,7-8H2,(H,25,26,27)/t12-,20-/m0/s1. The molecular formula is C21H15ClF2N4O. The number of hydrogen-bond acceptors (Lipinski definition) is 4. The molecule has 0 unspecified atom stereocenters. The number of nitrogens with one attached hydrogen (secondary N) is 1. The van der Waals surface area contributed by atoms with Crippen LogP contribution in [-0.4, -0.2) is 20.5 Å². The Morgan fingerprint density at radius 1 is 1.07 bits per heavy atom. The molecule has 0 spiro atoms. The van der Waals surface area contributed by atoms with Gasteiger partial charge >= 0.3 is 0 Å². The molecule has 5 nitrogen and oxygen atoms in total. The number of fused-ring (bicyclic) bond motifs is 1. The Hall–Kier alpha value is -3.06. The zero-order chi connectivity index (χ0) is 20.1. The van der Waals surface area contributed by atoms with E-state index in [0.29, 0.717) is 34.2 Å². The SMILES string of the molecule is O=C1C[C@@H](c2cccc(Cl)c2)CC2=C1[C@H](c1cc(F)cc(F)c1)n1ncnc1N2. The van der Waals surface area contributed by atoms with Crippen molar-refractivity contribution in [3.8, 4) is 0 Å². The zero-order valence-electron chi connectivity index (χ0n) is 15.1. The summed E-state index contributed by atoms with van der Waals surface area (Å²) in [6, 6.07) is 9.97. The molecule has 1 N–H and O–H groups in total. The van der Waals surface area contributed by atoms with Gasteiger partial charge in [-0.15, -0.1) is 0 Å². The number of rotatable bonds is 2. The first-order chi connectivity index (χ1) is 14.0. The number of hydrogen-bond donors (Lipinski definition) is 1. The number of carbonyl (C=O) groups excluding carboxylic acids is 1. The van der Waals surface area contributed by atoms with Gasteiger partial charge < -0.3 is 5.32 Å². The zero-order valence-corrected chi connectivity index (χ0v) is 15.8. The van der Waals surface area contributed by atoms with E-state index in [4.69, 9.17) is 11.6 Å². The molecule has 8 heteroatoms. The van der Waals surface area contributed by atoms with Crippen LogP contribution >= 0.6 is 11.6 Å². The van der Waals surface area contributed by atoms with Crippen molar-refractivity contribution in [1.29, 1.82) is 0 Å². The van der Waals surface area contributed by atoms with Gasteiger partial charge in [-0.3, -0.25) is 4.79 Å². The summed E-state index contributed by atoms with van der Waals surface area (Å²) in [5.74, 6) is -1.13. The average molecular weight is 413 g/mol. The Kier molecular flexibility index (Phi) is 4.20. The van der Waals surface area contributed by atoms with Crippen LogP contribution in [0.3, 0.4) is 0 Å². The van der Waals surface area contributed by atoms with Crippen molar-refractivity contribution in [2.75, 3.05) is 5.32 Å². The third kappa shape index (κ3) is 3.11. The van der Waals surface area contributed by atoms with Crippen molar-refractivity contribution >= 4 is 23.3 Å². The molecule has 1 aromatic heterocycles. The summed E-state index contributed by atoms with van der Waals surface area (Å²) in [6.45, 7) is 0. The number of anilines is 1. The first kappa shape index (κ1) is 18.0. The number of ketones is 1. The highest BCUT2D eigenvalue weighted by molar-refractivity contribution is 6.30. The van der Waals surface area contributed by atoms with Crippen LogP contribution in [0.2, 0.25) is 5.02 Å². The Morgan fingerprint density at radius 3 is 2.62 bits per heavy atom. The second kappa shape index (κ2) is 6.77. The smallest absolute Gasteiger partial charge is 0.226 e. The lowest BCUT2D eigenvalue weighted by Crippen LogP contribution is -2.33. The van der Waals surface area contributed by atoms with Crippen molar-refractivity contribution in [2.45, 2.75) is 24.8 Å². The number of Topliss-reactive ketones (excluding diaryl/α,β-unsaturated/α-hetero) is 1. The molecule has 0 amide bonds. The van der Waals surface area contributed by atoms with E-state index in [1.807, 2.05) is 18.2 Å². The van der Waals surface area contributed by atoms with E-state index >= 15 is 0 Å². The lowest BCUT2D eigenvalue weighted by atomic mass is 9.78. The fraction of sp³-hybridized carbons (Fsp3) is 0.190. The number of aromatic nitrogens is 3. The molecule has 0 bridgehead atoms. The first-order valence-electron chi connectivity index (χ1n) is 9.14. The molecule has 5 rings (SSSR count). The van der Waals surface area contributed by atoms with Crippen LogP contribution in [0.25, 0.3) is 0 Å². The Morgan fingerprint density at radius 2 is 1.86 bits per heavy atom. The molecule has 2 atom stereocenters. The maximum Gasteiger partial charge on any atom is 0.226 e. The van der Waals surface area contributed by atoms with Crippen LogP contribution in [0, 0.1) is 11.6 Å². The minimum Gasteiger partial charge on any atom is -0.328 e. The molecule has 1 aliphatic heterocycles. The second-order valence-electron chi connectivity index (χ2n) is 7.23. The van der Waals surface area contributed by atoms with Crippen LogP contribution in [0.15, 0.2) is 60.1 Å². The topological polar surface area (TPSA) is 59.8 Å². The normalized spacial score (nSPS) is 20.9. The van der Waals surface area contributed by atoms with E-state index in [-0.39, 0.29) is 18.1 Å². The minimum atomic E-state index is -0.734. The lowest BCUT2D eigenvalue weighted by molar-refractivity contribution is -0.116. The molecule has 29 heavy (non-hydrogen) atoms. The molecule has 2 aliphatic rings. The van der Waals surface area contributed by atoms with Gasteiger partial charge in [0, 0.05) is 28.8 Å². The van der Waals surface area contributed by atoms with Crippen LogP contribution in [0.4, 0.5) is 14.7 Å². The monoisotopic (exact) mass is 412 g/mol.